The fourth-order valence-electron chi connectivity index (χ4n) is 3.06. The topological polar surface area (TPSA) is 51.2 Å². The van der Waals surface area contributed by atoms with Crippen molar-refractivity contribution in [3.05, 3.63) is 99.8 Å². The van der Waals surface area contributed by atoms with Crippen molar-refractivity contribution in [3.8, 4) is 11.8 Å². The van der Waals surface area contributed by atoms with Gasteiger partial charge >= 0.3 is 6.09 Å². The van der Waals surface area contributed by atoms with Crippen molar-refractivity contribution >= 4 is 17.7 Å². The molecule has 144 valence electrons. The van der Waals surface area contributed by atoms with Crippen LogP contribution in [0.3, 0.4) is 0 Å². The third-order valence-electron chi connectivity index (χ3n) is 4.37. The molecule has 1 amide bonds. The van der Waals surface area contributed by atoms with Gasteiger partial charge in [-0.05, 0) is 48.0 Å². The lowest BCUT2D eigenvalue weighted by atomic mass is 9.96. The number of cyclic esters (lactones) is 1. The van der Waals surface area contributed by atoms with Gasteiger partial charge in [-0.3, -0.25) is 4.98 Å². The van der Waals surface area contributed by atoms with Crippen LogP contribution < -0.4 is 5.32 Å². The predicted molar refractivity (Wildman–Crippen MR) is 103 cm³/mol. The zero-order chi connectivity index (χ0) is 20.4. The molecule has 3 aromatic rings. The van der Waals surface area contributed by atoms with E-state index >= 15 is 0 Å². The Kier molecular flexibility index (Phi) is 5.15. The summed E-state index contributed by atoms with van der Waals surface area (Å²) in [5, 5.41) is 3.20. The van der Waals surface area contributed by atoms with Gasteiger partial charge in [-0.2, -0.15) is 0 Å². The van der Waals surface area contributed by atoms with Crippen LogP contribution in [0, 0.1) is 23.5 Å². The molecular weight excluding hydrogens is 398 g/mol. The SMILES string of the molecule is O=C1N[C@H](c2cncc(C#Cc3cccc(Cl)c3)c2)C(c2cc(F)ccc2F)O1. The van der Waals surface area contributed by atoms with E-state index in [2.05, 4.69) is 22.1 Å². The Morgan fingerprint density at radius 2 is 1.86 bits per heavy atom. The number of carbonyl (C=O) groups is 1. The minimum absolute atomic E-state index is 0.0521. The summed E-state index contributed by atoms with van der Waals surface area (Å²) in [6.07, 6.45) is 1.33. The van der Waals surface area contributed by atoms with Crippen LogP contribution in [0.5, 0.6) is 0 Å². The van der Waals surface area contributed by atoms with E-state index in [9.17, 15) is 13.6 Å². The Bertz CT molecular complexity index is 1160. The van der Waals surface area contributed by atoms with Gasteiger partial charge in [0.2, 0.25) is 0 Å². The Balaban J connectivity index is 1.66. The first-order chi connectivity index (χ1) is 14.0. The van der Waals surface area contributed by atoms with Gasteiger partial charge in [0, 0.05) is 34.1 Å². The molecule has 29 heavy (non-hydrogen) atoms. The van der Waals surface area contributed by atoms with Crippen LogP contribution >= 0.6 is 11.6 Å². The molecule has 1 saturated heterocycles. The first-order valence-electron chi connectivity index (χ1n) is 8.64. The summed E-state index contributed by atoms with van der Waals surface area (Å²) >= 11 is 5.96. The van der Waals surface area contributed by atoms with Crippen molar-refractivity contribution < 1.29 is 18.3 Å². The number of nitrogens with one attached hydrogen (secondary N) is 1. The highest BCUT2D eigenvalue weighted by Crippen LogP contribution is 2.37. The van der Waals surface area contributed by atoms with Crippen molar-refractivity contribution in [3.63, 3.8) is 0 Å². The summed E-state index contributed by atoms with van der Waals surface area (Å²) in [4.78, 5) is 16.0. The lowest BCUT2D eigenvalue weighted by molar-refractivity contribution is 0.130. The maximum atomic E-state index is 14.2. The maximum absolute atomic E-state index is 14.2. The molecule has 2 heterocycles. The van der Waals surface area contributed by atoms with E-state index in [1.807, 2.05) is 6.07 Å². The minimum atomic E-state index is -1.03. The monoisotopic (exact) mass is 410 g/mol. The molecule has 0 saturated carbocycles. The Morgan fingerprint density at radius 1 is 1.03 bits per heavy atom. The number of pyridine rings is 1. The van der Waals surface area contributed by atoms with E-state index in [0.717, 1.165) is 23.8 Å². The number of nitrogens with zero attached hydrogens (tertiary/aromatic N) is 1. The minimum Gasteiger partial charge on any atom is -0.439 e. The van der Waals surface area contributed by atoms with E-state index in [0.29, 0.717) is 16.1 Å². The fraction of sp³-hybridized carbons (Fsp3) is 0.0909. The normalized spacial score (nSPS) is 17.8. The first kappa shape index (κ1) is 18.9. The lowest BCUT2D eigenvalue weighted by Gasteiger charge is -2.18. The van der Waals surface area contributed by atoms with Crippen LogP contribution in [-0.2, 0) is 4.74 Å². The zero-order valence-electron chi connectivity index (χ0n) is 14.8. The van der Waals surface area contributed by atoms with Crippen LogP contribution in [0.25, 0.3) is 0 Å². The van der Waals surface area contributed by atoms with Crippen LogP contribution in [0.2, 0.25) is 5.02 Å². The van der Waals surface area contributed by atoms with E-state index in [1.54, 1.807) is 30.5 Å². The van der Waals surface area contributed by atoms with Gasteiger partial charge in [-0.15, -0.1) is 0 Å². The summed E-state index contributed by atoms with van der Waals surface area (Å²) in [6.45, 7) is 0. The summed E-state index contributed by atoms with van der Waals surface area (Å²) in [5.74, 6) is 4.68. The highest BCUT2D eigenvalue weighted by molar-refractivity contribution is 6.30. The average molecular weight is 411 g/mol. The summed E-state index contributed by atoms with van der Waals surface area (Å²) < 4.78 is 33.0. The number of benzene rings is 2. The van der Waals surface area contributed by atoms with E-state index in [-0.39, 0.29) is 5.56 Å². The number of carbonyl (C=O) groups excluding carboxylic acids is 1. The van der Waals surface area contributed by atoms with Crippen LogP contribution in [0.15, 0.2) is 60.9 Å². The number of ether oxygens (including phenoxy) is 1. The Morgan fingerprint density at radius 3 is 2.69 bits per heavy atom. The molecule has 1 N–H and O–H groups in total. The second-order valence-corrected chi connectivity index (χ2v) is 6.82. The summed E-state index contributed by atoms with van der Waals surface area (Å²) in [5.41, 5.74) is 1.83. The molecule has 1 fully saturated rings. The van der Waals surface area contributed by atoms with Crippen LogP contribution in [0.4, 0.5) is 13.6 Å². The van der Waals surface area contributed by atoms with Gasteiger partial charge in [0.15, 0.2) is 6.10 Å². The van der Waals surface area contributed by atoms with Crippen LogP contribution in [-0.4, -0.2) is 11.1 Å². The second-order valence-electron chi connectivity index (χ2n) is 6.38. The molecule has 2 atom stereocenters. The smallest absolute Gasteiger partial charge is 0.408 e. The summed E-state index contributed by atoms with van der Waals surface area (Å²) in [7, 11) is 0. The average Bonchev–Trinajstić information content (AvgIpc) is 3.10. The third kappa shape index (κ3) is 4.20. The molecule has 7 heteroatoms. The number of aromatic nitrogens is 1. The van der Waals surface area contributed by atoms with Crippen molar-refractivity contribution in [1.82, 2.24) is 10.3 Å². The molecule has 4 rings (SSSR count). The molecule has 1 aromatic heterocycles. The van der Waals surface area contributed by atoms with Gasteiger partial charge in [0.25, 0.3) is 0 Å². The number of amides is 1. The third-order valence-corrected chi connectivity index (χ3v) is 4.60. The number of rotatable bonds is 2. The van der Waals surface area contributed by atoms with Crippen molar-refractivity contribution in [2.45, 2.75) is 12.1 Å². The van der Waals surface area contributed by atoms with Gasteiger partial charge in [0.1, 0.15) is 17.7 Å². The molecule has 2 aromatic carbocycles. The van der Waals surface area contributed by atoms with Crippen molar-refractivity contribution in [1.29, 1.82) is 0 Å². The molecule has 1 unspecified atom stereocenters. The van der Waals surface area contributed by atoms with Gasteiger partial charge in [-0.25, -0.2) is 13.6 Å². The Hall–Kier alpha value is -3.43. The Labute approximate surface area is 170 Å². The van der Waals surface area contributed by atoms with E-state index in [1.165, 1.54) is 6.20 Å². The molecule has 4 nitrogen and oxygen atoms in total. The molecule has 1 aliphatic heterocycles. The first-order valence-corrected chi connectivity index (χ1v) is 9.02. The van der Waals surface area contributed by atoms with Gasteiger partial charge in [-0.1, -0.05) is 29.5 Å². The van der Waals surface area contributed by atoms with E-state index in [4.69, 9.17) is 16.3 Å². The maximum Gasteiger partial charge on any atom is 0.408 e. The number of halogens is 3. The van der Waals surface area contributed by atoms with Gasteiger partial charge < -0.3 is 10.1 Å². The second kappa shape index (κ2) is 7.90. The number of hydrogen-bond donors (Lipinski definition) is 1. The van der Waals surface area contributed by atoms with Crippen molar-refractivity contribution in [2.24, 2.45) is 0 Å². The quantitative estimate of drug-likeness (QED) is 0.609. The predicted octanol–water partition coefficient (Wildman–Crippen LogP) is 4.94. The van der Waals surface area contributed by atoms with Crippen molar-refractivity contribution in [2.75, 3.05) is 0 Å². The van der Waals surface area contributed by atoms with Crippen LogP contribution in [0.1, 0.15) is 34.4 Å². The molecule has 1 aliphatic rings. The fourth-order valence-corrected chi connectivity index (χ4v) is 3.25. The molecular formula is C22H13ClF2N2O2. The number of alkyl carbamates (subject to hydrolysis) is 1. The molecule has 0 bridgehead atoms. The molecule has 0 radical (unpaired) electrons. The molecule has 0 spiro atoms. The number of hydrogen-bond acceptors (Lipinski definition) is 3. The van der Waals surface area contributed by atoms with Gasteiger partial charge in [0.05, 0.1) is 0 Å². The lowest BCUT2D eigenvalue weighted by Crippen LogP contribution is -2.20. The largest absolute Gasteiger partial charge is 0.439 e. The highest BCUT2D eigenvalue weighted by atomic mass is 35.5. The highest BCUT2D eigenvalue weighted by Gasteiger charge is 2.38. The molecule has 0 aliphatic carbocycles. The summed E-state index contributed by atoms with van der Waals surface area (Å²) in [6, 6.07) is 11.1. The zero-order valence-corrected chi connectivity index (χ0v) is 15.6. The standard InChI is InChI=1S/C22H13ClF2N2O2/c23-16-3-1-2-13(9-16)4-5-14-8-15(12-26-11-14)20-21(29-22(28)27-20)18-10-17(24)6-7-19(18)25/h1-3,6-12,20-21H,(H,27,28)/t20-,21?/m1/s1. The van der Waals surface area contributed by atoms with E-state index < -0.39 is 29.9 Å².